The topological polar surface area (TPSA) is 63.7 Å². The molecule has 7 heteroatoms. The Balaban J connectivity index is 1.94. The third-order valence-electron chi connectivity index (χ3n) is 3.69. The molecule has 1 fully saturated rings. The van der Waals surface area contributed by atoms with E-state index in [-0.39, 0.29) is 11.4 Å². The zero-order chi connectivity index (χ0) is 16.2. The molecule has 3 rings (SSSR count). The maximum Gasteiger partial charge on any atom is 0.192 e. The normalized spacial score (nSPS) is 18.7. The summed E-state index contributed by atoms with van der Waals surface area (Å²) in [6.45, 7) is 3.36. The molecule has 120 valence electrons. The molecule has 0 N–H and O–H groups in total. The van der Waals surface area contributed by atoms with Gasteiger partial charge in [-0.05, 0) is 44.0 Å². The Kier molecular flexibility index (Phi) is 5.21. The molecule has 0 aliphatic carbocycles. The summed E-state index contributed by atoms with van der Waals surface area (Å²) >= 11 is 7.39. The van der Waals surface area contributed by atoms with Crippen LogP contribution in [0.4, 0.5) is 0 Å². The zero-order valence-corrected chi connectivity index (χ0v) is 14.3. The maximum atomic E-state index is 9.06. The monoisotopic (exact) mass is 348 g/mol. The Morgan fingerprint density at radius 3 is 2.87 bits per heavy atom. The highest BCUT2D eigenvalue weighted by Gasteiger charge is 2.22. The van der Waals surface area contributed by atoms with Crippen LogP contribution in [-0.2, 0) is 11.3 Å². The van der Waals surface area contributed by atoms with Crippen LogP contribution in [0.3, 0.4) is 0 Å². The van der Waals surface area contributed by atoms with E-state index >= 15 is 0 Å². The number of rotatable bonds is 5. The highest BCUT2D eigenvalue weighted by Crippen LogP contribution is 2.29. The van der Waals surface area contributed by atoms with Crippen LogP contribution in [0.15, 0.2) is 29.4 Å². The van der Waals surface area contributed by atoms with E-state index in [1.54, 1.807) is 0 Å². The van der Waals surface area contributed by atoms with Gasteiger partial charge in [0.2, 0.25) is 0 Å². The summed E-state index contributed by atoms with van der Waals surface area (Å²) in [5.41, 5.74) is 0.955. The SMILES string of the molecule is C[C@H](C#N)Sc1nnc(-c2ccc(Cl)cc2)n1C[C@@H]1CCCO1. The molecule has 1 saturated heterocycles. The third-order valence-corrected chi connectivity index (χ3v) is 4.92. The van der Waals surface area contributed by atoms with Crippen molar-refractivity contribution in [3.05, 3.63) is 29.3 Å². The molecule has 1 aromatic carbocycles. The van der Waals surface area contributed by atoms with Gasteiger partial charge in [0.1, 0.15) is 0 Å². The number of aromatic nitrogens is 3. The van der Waals surface area contributed by atoms with Crippen LogP contribution in [0.5, 0.6) is 0 Å². The molecule has 0 spiro atoms. The summed E-state index contributed by atoms with van der Waals surface area (Å²) in [5.74, 6) is 0.782. The van der Waals surface area contributed by atoms with E-state index in [1.165, 1.54) is 11.8 Å². The van der Waals surface area contributed by atoms with E-state index in [0.717, 1.165) is 36.0 Å². The number of ether oxygens (including phenoxy) is 1. The second-order valence-corrected chi connectivity index (χ2v) is 7.19. The van der Waals surface area contributed by atoms with Crippen LogP contribution in [0.1, 0.15) is 19.8 Å². The highest BCUT2D eigenvalue weighted by atomic mass is 35.5. The van der Waals surface area contributed by atoms with Crippen LogP contribution in [-0.4, -0.2) is 32.7 Å². The van der Waals surface area contributed by atoms with Crippen LogP contribution >= 0.6 is 23.4 Å². The van der Waals surface area contributed by atoms with E-state index < -0.39 is 0 Å². The van der Waals surface area contributed by atoms with Crippen molar-refractivity contribution >= 4 is 23.4 Å². The number of halogens is 1. The minimum atomic E-state index is -0.180. The predicted molar refractivity (Wildman–Crippen MR) is 90.4 cm³/mol. The van der Waals surface area contributed by atoms with Crippen LogP contribution < -0.4 is 0 Å². The molecule has 0 unspecified atom stereocenters. The molecule has 0 amide bonds. The summed E-state index contributed by atoms with van der Waals surface area (Å²) in [6.07, 6.45) is 2.30. The summed E-state index contributed by atoms with van der Waals surface area (Å²) in [6, 6.07) is 9.77. The average molecular weight is 349 g/mol. The summed E-state index contributed by atoms with van der Waals surface area (Å²) in [5, 5.41) is 18.9. The van der Waals surface area contributed by atoms with Gasteiger partial charge in [0.15, 0.2) is 11.0 Å². The Morgan fingerprint density at radius 2 is 2.22 bits per heavy atom. The average Bonchev–Trinajstić information content (AvgIpc) is 3.20. The van der Waals surface area contributed by atoms with Crippen molar-refractivity contribution in [2.45, 2.75) is 42.8 Å². The second kappa shape index (κ2) is 7.35. The molecule has 2 atom stereocenters. The zero-order valence-electron chi connectivity index (χ0n) is 12.8. The van der Waals surface area contributed by atoms with Crippen LogP contribution in [0, 0.1) is 11.3 Å². The Morgan fingerprint density at radius 1 is 1.43 bits per heavy atom. The van der Waals surface area contributed by atoms with Crippen molar-refractivity contribution in [3.63, 3.8) is 0 Å². The summed E-state index contributed by atoms with van der Waals surface area (Å²) < 4.78 is 7.80. The Hall–Kier alpha value is -1.55. The maximum absolute atomic E-state index is 9.06. The van der Waals surface area contributed by atoms with Gasteiger partial charge >= 0.3 is 0 Å². The van der Waals surface area contributed by atoms with Crippen LogP contribution in [0.25, 0.3) is 11.4 Å². The first-order chi connectivity index (χ1) is 11.2. The Labute approximate surface area is 144 Å². The molecular formula is C16H17ClN4OS. The second-order valence-electron chi connectivity index (χ2n) is 5.45. The van der Waals surface area contributed by atoms with Gasteiger partial charge in [-0.2, -0.15) is 5.26 Å². The molecular weight excluding hydrogens is 332 g/mol. The lowest BCUT2D eigenvalue weighted by Crippen LogP contribution is -2.17. The lowest BCUT2D eigenvalue weighted by molar-refractivity contribution is 0.0953. The fraction of sp³-hybridized carbons (Fsp3) is 0.438. The van der Waals surface area contributed by atoms with E-state index in [4.69, 9.17) is 21.6 Å². The van der Waals surface area contributed by atoms with Crippen molar-refractivity contribution in [2.24, 2.45) is 0 Å². The van der Waals surface area contributed by atoms with Crippen molar-refractivity contribution < 1.29 is 4.74 Å². The molecule has 1 aliphatic heterocycles. The van der Waals surface area contributed by atoms with E-state index in [1.807, 2.05) is 31.2 Å². The number of benzene rings is 1. The minimum Gasteiger partial charge on any atom is -0.376 e. The summed E-state index contributed by atoms with van der Waals surface area (Å²) in [4.78, 5) is 0. The van der Waals surface area contributed by atoms with Gasteiger partial charge in [0.05, 0.1) is 24.0 Å². The number of thioether (sulfide) groups is 1. The van der Waals surface area contributed by atoms with Gasteiger partial charge in [0.25, 0.3) is 0 Å². The van der Waals surface area contributed by atoms with Gasteiger partial charge in [0, 0.05) is 17.2 Å². The molecule has 5 nitrogen and oxygen atoms in total. The molecule has 1 aliphatic rings. The molecule has 1 aromatic heterocycles. The molecule has 23 heavy (non-hydrogen) atoms. The van der Waals surface area contributed by atoms with Crippen molar-refractivity contribution in [1.29, 1.82) is 5.26 Å². The third kappa shape index (κ3) is 3.86. The lowest BCUT2D eigenvalue weighted by atomic mass is 10.2. The van der Waals surface area contributed by atoms with E-state index in [0.29, 0.717) is 11.6 Å². The van der Waals surface area contributed by atoms with Gasteiger partial charge in [-0.15, -0.1) is 10.2 Å². The van der Waals surface area contributed by atoms with Gasteiger partial charge in [-0.3, -0.25) is 4.57 Å². The van der Waals surface area contributed by atoms with Crippen molar-refractivity contribution in [3.8, 4) is 17.5 Å². The highest BCUT2D eigenvalue weighted by molar-refractivity contribution is 8.00. The lowest BCUT2D eigenvalue weighted by Gasteiger charge is -2.15. The van der Waals surface area contributed by atoms with Crippen molar-refractivity contribution in [2.75, 3.05) is 6.61 Å². The van der Waals surface area contributed by atoms with Gasteiger partial charge < -0.3 is 4.74 Å². The number of hydrogen-bond acceptors (Lipinski definition) is 5. The fourth-order valence-corrected chi connectivity index (χ4v) is 3.40. The Bertz CT molecular complexity index is 704. The molecule has 0 saturated carbocycles. The van der Waals surface area contributed by atoms with Gasteiger partial charge in [-0.1, -0.05) is 23.4 Å². The quantitative estimate of drug-likeness (QED) is 0.769. The van der Waals surface area contributed by atoms with Crippen LogP contribution in [0.2, 0.25) is 5.02 Å². The first-order valence-corrected chi connectivity index (χ1v) is 8.80. The minimum absolute atomic E-state index is 0.175. The fourth-order valence-electron chi connectivity index (χ4n) is 2.53. The summed E-state index contributed by atoms with van der Waals surface area (Å²) in [7, 11) is 0. The molecule has 2 aromatic rings. The number of nitrogens with zero attached hydrogens (tertiary/aromatic N) is 4. The smallest absolute Gasteiger partial charge is 0.192 e. The molecule has 0 radical (unpaired) electrons. The molecule has 0 bridgehead atoms. The number of hydrogen-bond donors (Lipinski definition) is 0. The first-order valence-electron chi connectivity index (χ1n) is 7.54. The number of nitriles is 1. The molecule has 2 heterocycles. The largest absolute Gasteiger partial charge is 0.376 e. The standard InChI is InChI=1S/C16H17ClN4OS/c1-11(9-18)23-16-20-19-15(12-4-6-13(17)7-5-12)21(16)10-14-3-2-8-22-14/h4-7,11,14H,2-3,8,10H2,1H3/t11-,14+/m1/s1. The van der Waals surface area contributed by atoms with E-state index in [9.17, 15) is 0 Å². The predicted octanol–water partition coefficient (Wildman–Crippen LogP) is 3.78. The van der Waals surface area contributed by atoms with E-state index in [2.05, 4.69) is 20.8 Å². The first kappa shape index (κ1) is 16.3. The van der Waals surface area contributed by atoms with Gasteiger partial charge in [-0.25, -0.2) is 0 Å². The van der Waals surface area contributed by atoms with Crippen molar-refractivity contribution in [1.82, 2.24) is 14.8 Å².